The number of carbonyl (C=O) groups excluding carboxylic acids is 2. The number of carbonyl (C=O) groups is 2. The van der Waals surface area contributed by atoms with Gasteiger partial charge in [-0.3, -0.25) is 14.6 Å². The second-order valence-corrected chi connectivity index (χ2v) is 10.8. The van der Waals surface area contributed by atoms with Gasteiger partial charge in [0.05, 0.1) is 28.3 Å². The Bertz CT molecular complexity index is 1310. The Labute approximate surface area is 207 Å². The van der Waals surface area contributed by atoms with Crippen molar-refractivity contribution in [2.75, 3.05) is 26.2 Å². The highest BCUT2D eigenvalue weighted by Gasteiger charge is 2.33. The van der Waals surface area contributed by atoms with E-state index in [1.807, 2.05) is 25.3 Å². The minimum atomic E-state index is -0.262. The van der Waals surface area contributed by atoms with Gasteiger partial charge in [-0.25, -0.2) is 4.52 Å². The molecule has 3 aromatic heterocycles. The standard InChI is InChI=1S/C25H29N7O2S/c1-16-20(9-18(11-28-16)22(33)27-7-8-31-14-25(2,3)15-31)30-23(34)19-12-29-32-13-21(35-24(19)32)17-5-4-6-26-10-17/h4-6,9-13,16,28H,7-8,14-15H2,1-3H3,(H,27,33)(H,30,34). The van der Waals surface area contributed by atoms with Crippen molar-refractivity contribution in [3.8, 4) is 10.4 Å². The third-order valence-electron chi connectivity index (χ3n) is 6.19. The summed E-state index contributed by atoms with van der Waals surface area (Å²) >= 11 is 1.48. The fraction of sp³-hybridized carbons (Fsp3) is 0.360. The summed E-state index contributed by atoms with van der Waals surface area (Å²) in [6, 6.07) is 3.71. The zero-order chi connectivity index (χ0) is 24.6. The first-order chi connectivity index (χ1) is 16.8. The van der Waals surface area contributed by atoms with Gasteiger partial charge in [0.15, 0.2) is 0 Å². The molecule has 9 nitrogen and oxygen atoms in total. The van der Waals surface area contributed by atoms with Gasteiger partial charge in [-0.1, -0.05) is 19.9 Å². The van der Waals surface area contributed by atoms with Crippen LogP contribution < -0.4 is 16.0 Å². The Morgan fingerprint density at radius 1 is 1.26 bits per heavy atom. The average molecular weight is 492 g/mol. The molecule has 0 radical (unpaired) electrons. The molecular formula is C25H29N7O2S. The van der Waals surface area contributed by atoms with Gasteiger partial charge in [0.1, 0.15) is 4.83 Å². The van der Waals surface area contributed by atoms with Crippen LogP contribution in [0, 0.1) is 5.41 Å². The monoisotopic (exact) mass is 491 g/mol. The number of amides is 2. The van der Waals surface area contributed by atoms with Crippen molar-refractivity contribution in [2.45, 2.75) is 26.8 Å². The van der Waals surface area contributed by atoms with E-state index >= 15 is 0 Å². The topological polar surface area (TPSA) is 104 Å². The zero-order valence-electron chi connectivity index (χ0n) is 20.0. The summed E-state index contributed by atoms with van der Waals surface area (Å²) in [5.41, 5.74) is 2.95. The number of aromatic nitrogens is 3. The highest BCUT2D eigenvalue weighted by atomic mass is 32.1. The predicted molar refractivity (Wildman–Crippen MR) is 136 cm³/mol. The van der Waals surface area contributed by atoms with Crippen molar-refractivity contribution < 1.29 is 9.59 Å². The fourth-order valence-corrected chi connectivity index (χ4v) is 5.50. The van der Waals surface area contributed by atoms with E-state index in [0.717, 1.165) is 34.9 Å². The number of nitrogens with one attached hydrogen (secondary N) is 3. The molecule has 0 spiro atoms. The highest BCUT2D eigenvalue weighted by molar-refractivity contribution is 7.21. The summed E-state index contributed by atoms with van der Waals surface area (Å²) in [5, 5.41) is 13.5. The van der Waals surface area contributed by atoms with E-state index in [2.05, 4.69) is 44.8 Å². The summed E-state index contributed by atoms with van der Waals surface area (Å²) in [6.45, 7) is 9.95. The van der Waals surface area contributed by atoms with Gasteiger partial charge in [-0.15, -0.1) is 11.3 Å². The molecular weight excluding hydrogens is 462 g/mol. The van der Waals surface area contributed by atoms with E-state index < -0.39 is 0 Å². The van der Waals surface area contributed by atoms with E-state index in [9.17, 15) is 9.59 Å². The number of hydrogen-bond donors (Lipinski definition) is 3. The van der Waals surface area contributed by atoms with E-state index in [-0.39, 0.29) is 17.9 Å². The number of nitrogens with zero attached hydrogens (tertiary/aromatic N) is 4. The van der Waals surface area contributed by atoms with Crippen molar-refractivity contribution in [1.82, 2.24) is 35.4 Å². The van der Waals surface area contributed by atoms with Gasteiger partial charge >= 0.3 is 0 Å². The van der Waals surface area contributed by atoms with E-state index in [1.54, 1.807) is 35.4 Å². The number of likely N-dealkylation sites (tertiary alicyclic amines) is 1. The van der Waals surface area contributed by atoms with Crippen molar-refractivity contribution in [1.29, 1.82) is 0 Å². The Morgan fingerprint density at radius 3 is 2.83 bits per heavy atom. The van der Waals surface area contributed by atoms with E-state index in [1.165, 1.54) is 11.3 Å². The van der Waals surface area contributed by atoms with Crippen molar-refractivity contribution in [3.63, 3.8) is 0 Å². The molecule has 2 aliphatic heterocycles. The molecule has 35 heavy (non-hydrogen) atoms. The fourth-order valence-electron chi connectivity index (χ4n) is 4.45. The minimum Gasteiger partial charge on any atom is -0.382 e. The SMILES string of the molecule is CC1NC=C(C(=O)NCCN2CC(C)(C)C2)C=C1NC(=O)c1cnn2cc(-c3cccnc3)sc12. The van der Waals surface area contributed by atoms with Crippen molar-refractivity contribution in [2.24, 2.45) is 5.41 Å². The second-order valence-electron chi connectivity index (χ2n) is 9.82. The number of dihydropyridines is 1. The number of fused-ring (bicyclic) bond motifs is 1. The third-order valence-corrected chi connectivity index (χ3v) is 7.35. The highest BCUT2D eigenvalue weighted by Crippen LogP contribution is 2.30. The van der Waals surface area contributed by atoms with Gasteiger partial charge in [0.2, 0.25) is 0 Å². The van der Waals surface area contributed by atoms with Gasteiger partial charge < -0.3 is 20.9 Å². The molecule has 0 bridgehead atoms. The molecule has 1 saturated heterocycles. The zero-order valence-corrected chi connectivity index (χ0v) is 20.9. The molecule has 3 N–H and O–H groups in total. The van der Waals surface area contributed by atoms with Gasteiger partial charge in [0, 0.05) is 62.2 Å². The second kappa shape index (κ2) is 9.27. The first-order valence-electron chi connectivity index (χ1n) is 11.7. The smallest absolute Gasteiger partial charge is 0.260 e. The molecule has 10 heteroatoms. The summed E-state index contributed by atoms with van der Waals surface area (Å²) in [7, 11) is 0. The molecule has 1 fully saturated rings. The van der Waals surface area contributed by atoms with Crippen LogP contribution in [0.25, 0.3) is 15.3 Å². The molecule has 182 valence electrons. The van der Waals surface area contributed by atoms with Crippen LogP contribution >= 0.6 is 11.3 Å². The summed E-state index contributed by atoms with van der Waals surface area (Å²) < 4.78 is 1.71. The van der Waals surface area contributed by atoms with E-state index in [0.29, 0.717) is 28.8 Å². The quantitative estimate of drug-likeness (QED) is 0.469. The molecule has 3 aromatic rings. The van der Waals surface area contributed by atoms with Crippen LogP contribution in [0.4, 0.5) is 0 Å². The Hall–Kier alpha value is -3.50. The van der Waals surface area contributed by atoms with Crippen molar-refractivity contribution >= 4 is 28.0 Å². The van der Waals surface area contributed by atoms with Gasteiger partial charge in [-0.05, 0) is 24.5 Å². The van der Waals surface area contributed by atoms with Gasteiger partial charge in [0.25, 0.3) is 11.8 Å². The maximum Gasteiger partial charge on any atom is 0.260 e. The maximum absolute atomic E-state index is 13.1. The molecule has 5 heterocycles. The van der Waals surface area contributed by atoms with E-state index in [4.69, 9.17) is 0 Å². The van der Waals surface area contributed by atoms with Gasteiger partial charge in [-0.2, -0.15) is 5.10 Å². The molecule has 1 unspecified atom stereocenters. The normalized spacial score (nSPS) is 19.3. The van der Waals surface area contributed by atoms with Crippen LogP contribution in [0.15, 0.2) is 60.5 Å². The maximum atomic E-state index is 13.1. The first-order valence-corrected chi connectivity index (χ1v) is 12.5. The Morgan fingerprint density at radius 2 is 2.09 bits per heavy atom. The molecule has 2 aliphatic rings. The third kappa shape index (κ3) is 4.98. The lowest BCUT2D eigenvalue weighted by Gasteiger charge is -2.45. The Kier molecular flexibility index (Phi) is 6.16. The number of thiazole rings is 1. The lowest BCUT2D eigenvalue weighted by Crippen LogP contribution is -2.54. The average Bonchev–Trinajstić information content (AvgIpc) is 3.41. The lowest BCUT2D eigenvalue weighted by molar-refractivity contribution is -0.117. The van der Waals surface area contributed by atoms with Crippen LogP contribution in [0.2, 0.25) is 0 Å². The first kappa shape index (κ1) is 23.3. The number of pyridine rings is 1. The largest absolute Gasteiger partial charge is 0.382 e. The van der Waals surface area contributed by atoms with Crippen LogP contribution in [0.5, 0.6) is 0 Å². The summed E-state index contributed by atoms with van der Waals surface area (Å²) in [6.07, 6.45) is 10.4. The molecule has 2 amide bonds. The molecule has 0 aliphatic carbocycles. The van der Waals surface area contributed by atoms with Crippen LogP contribution in [-0.4, -0.2) is 63.5 Å². The Balaban J connectivity index is 1.23. The van der Waals surface area contributed by atoms with Crippen LogP contribution in [0.3, 0.4) is 0 Å². The number of rotatable bonds is 7. The molecule has 0 aromatic carbocycles. The molecule has 0 saturated carbocycles. The molecule has 5 rings (SSSR count). The number of hydrogen-bond acceptors (Lipinski definition) is 7. The van der Waals surface area contributed by atoms with Crippen molar-refractivity contribution in [3.05, 3.63) is 66.0 Å². The minimum absolute atomic E-state index is 0.140. The molecule has 1 atom stereocenters. The van der Waals surface area contributed by atoms with Crippen LogP contribution in [0.1, 0.15) is 31.1 Å². The lowest BCUT2D eigenvalue weighted by atomic mass is 9.84. The predicted octanol–water partition coefficient (Wildman–Crippen LogP) is 2.41. The summed E-state index contributed by atoms with van der Waals surface area (Å²) in [5.74, 6) is -0.426. The summed E-state index contributed by atoms with van der Waals surface area (Å²) in [4.78, 5) is 34.0. The van der Waals surface area contributed by atoms with Crippen LogP contribution in [-0.2, 0) is 4.79 Å².